The average Bonchev–Trinajstić information content (AvgIpc) is 2.88. The summed E-state index contributed by atoms with van der Waals surface area (Å²) in [7, 11) is 1.43. The van der Waals surface area contributed by atoms with Crippen LogP contribution in [0.1, 0.15) is 41.3 Å². The van der Waals surface area contributed by atoms with Gasteiger partial charge < -0.3 is 47.8 Å². The van der Waals surface area contributed by atoms with Crippen molar-refractivity contribution in [1.82, 2.24) is 15.5 Å². The topological polar surface area (TPSA) is 105 Å². The molecule has 200 valence electrons. The zero-order valence-electron chi connectivity index (χ0n) is 21.4. The number of hydrogen-bond acceptors (Lipinski definition) is 7. The maximum absolute atomic E-state index is 13.1. The van der Waals surface area contributed by atoms with E-state index in [9.17, 15) is 22.8 Å². The van der Waals surface area contributed by atoms with E-state index < -0.39 is 30.9 Å². The number of halogens is 3. The minimum absolute atomic E-state index is 0. The van der Waals surface area contributed by atoms with Crippen LogP contribution in [0.25, 0.3) is 0 Å². The molecule has 1 aromatic rings. The molecule has 1 unspecified atom stereocenters. The molecular weight excluding hydrogens is 498 g/mol. The Kier molecular flexibility index (Phi) is 11.9. The maximum Gasteiger partial charge on any atom is 1.00 e. The number of allylic oxidation sites excluding steroid dienone is 3. The van der Waals surface area contributed by atoms with E-state index in [2.05, 4.69) is 38.0 Å². The zero-order valence-corrected chi connectivity index (χ0v) is 21.4. The fourth-order valence-electron chi connectivity index (χ4n) is 3.60. The van der Waals surface area contributed by atoms with E-state index in [1.54, 1.807) is 30.4 Å². The molecule has 0 spiro atoms. The van der Waals surface area contributed by atoms with E-state index in [0.29, 0.717) is 29.9 Å². The van der Waals surface area contributed by atoms with Gasteiger partial charge >= 0.3 is 31.1 Å². The number of unbranched alkanes of at least 4 members (excludes halogenated alkanes) is 2. The summed E-state index contributed by atoms with van der Waals surface area (Å²) < 4.78 is 46.9. The molecule has 0 fully saturated rings. The molecule has 2 N–H and O–H groups in total. The van der Waals surface area contributed by atoms with Crippen molar-refractivity contribution in [2.75, 3.05) is 20.3 Å². The van der Waals surface area contributed by atoms with Crippen molar-refractivity contribution in [3.63, 3.8) is 0 Å². The van der Waals surface area contributed by atoms with E-state index in [4.69, 9.17) is 4.74 Å². The largest absolute Gasteiger partial charge is 1.00 e. The second-order valence-corrected chi connectivity index (χ2v) is 8.14. The Balaban J connectivity index is 0.00000507. The maximum atomic E-state index is 13.1. The summed E-state index contributed by atoms with van der Waals surface area (Å²) in [6, 6.07) is 3.27. The molecule has 0 aliphatic carbocycles. The Hall–Kier alpha value is -3.23. The first-order chi connectivity index (χ1) is 17.7. The predicted octanol–water partition coefficient (Wildman–Crippen LogP) is 0.670. The molecule has 0 radical (unpaired) electrons. The summed E-state index contributed by atoms with van der Waals surface area (Å²) in [5, 5.41) is 13.5. The Morgan fingerprint density at radius 3 is 2.79 bits per heavy atom. The number of rotatable bonds is 9. The third-order valence-electron chi connectivity index (χ3n) is 5.40. The van der Waals surface area contributed by atoms with Crippen molar-refractivity contribution >= 4 is 24.4 Å². The van der Waals surface area contributed by atoms with Crippen LogP contribution in [0.5, 0.6) is 5.75 Å². The summed E-state index contributed by atoms with van der Waals surface area (Å²) in [5.74, 6) is -0.124. The van der Waals surface area contributed by atoms with Crippen molar-refractivity contribution in [3.8, 4) is 5.75 Å². The van der Waals surface area contributed by atoms with Crippen LogP contribution in [0.3, 0.4) is 0 Å². The summed E-state index contributed by atoms with van der Waals surface area (Å²) in [6.07, 6.45) is 8.30. The van der Waals surface area contributed by atoms with Gasteiger partial charge in [-0.2, -0.15) is 32.6 Å². The Morgan fingerprint density at radius 1 is 1.29 bits per heavy atom. The zero-order chi connectivity index (χ0) is 26.8. The van der Waals surface area contributed by atoms with Crippen LogP contribution in [-0.2, 0) is 17.7 Å². The molecule has 0 bridgehead atoms. The molecular formula is C25H27F3LiN5O4-2. The minimum atomic E-state index is -4.61. The predicted molar refractivity (Wildman–Crippen MR) is 130 cm³/mol. The fraction of sp³-hybridized carbons (Fsp3) is 0.400. The standard InChI is InChI=1S/C25H27F3N5O4.Li/c1-3-4-5-10-29-30-14-19-7-6-8-22(31-19)32-23(34)20-12-18-15-33(24(35)37-16-25(26,27)28)11-9-17(18)13-21(20)36-2;/h3,6-8,12-13,22,31H,4-5,9,11,15-16H2,1-2H3,(H,32,34);/q-3;+1. The van der Waals surface area contributed by atoms with Gasteiger partial charge in [0.05, 0.1) is 12.7 Å². The van der Waals surface area contributed by atoms with E-state index in [-0.39, 0.29) is 37.5 Å². The van der Waals surface area contributed by atoms with Crippen LogP contribution in [0.4, 0.5) is 18.0 Å². The van der Waals surface area contributed by atoms with E-state index in [1.165, 1.54) is 12.0 Å². The average molecular weight is 525 g/mol. The van der Waals surface area contributed by atoms with Gasteiger partial charge in [-0.3, -0.25) is 4.79 Å². The number of carbonyl (C=O) groups excluding carboxylic acids is 2. The molecule has 1 aromatic carbocycles. The Bertz CT molecular complexity index is 1110. The molecule has 2 heterocycles. The summed E-state index contributed by atoms with van der Waals surface area (Å²) in [5.41, 5.74) is 2.16. The number of amides is 2. The summed E-state index contributed by atoms with van der Waals surface area (Å²) >= 11 is 0. The second kappa shape index (κ2) is 14.6. The van der Waals surface area contributed by atoms with Crippen LogP contribution in [0, 0.1) is 6.42 Å². The number of nitrogens with one attached hydrogen (secondary N) is 2. The number of hydrogen-bond donors (Lipinski definition) is 2. The molecule has 0 saturated heterocycles. The molecule has 2 amide bonds. The summed E-state index contributed by atoms with van der Waals surface area (Å²) in [6.45, 7) is 0.473. The molecule has 2 aliphatic rings. The van der Waals surface area contributed by atoms with Gasteiger partial charge in [-0.25, -0.2) is 11.2 Å². The van der Waals surface area contributed by atoms with Gasteiger partial charge in [0.1, 0.15) is 11.9 Å². The van der Waals surface area contributed by atoms with Crippen molar-refractivity contribution in [2.24, 2.45) is 10.2 Å². The van der Waals surface area contributed by atoms with Crippen molar-refractivity contribution in [3.05, 3.63) is 59.2 Å². The van der Waals surface area contributed by atoms with Crippen molar-refractivity contribution < 1.29 is 51.1 Å². The van der Waals surface area contributed by atoms with Gasteiger partial charge in [-0.15, -0.1) is 18.0 Å². The molecule has 2 aliphatic heterocycles. The number of ether oxygens (including phenoxy) is 2. The van der Waals surface area contributed by atoms with Crippen LogP contribution < -0.4 is 34.2 Å². The third-order valence-corrected chi connectivity index (χ3v) is 5.40. The third kappa shape index (κ3) is 9.26. The first-order valence-corrected chi connectivity index (χ1v) is 11.5. The van der Waals surface area contributed by atoms with Crippen molar-refractivity contribution in [2.45, 2.75) is 45.1 Å². The number of benzene rings is 1. The molecule has 0 aromatic heterocycles. The second-order valence-electron chi connectivity index (χ2n) is 8.14. The minimum Gasteiger partial charge on any atom is -0.496 e. The van der Waals surface area contributed by atoms with Crippen LogP contribution >= 0.6 is 0 Å². The number of fused-ring (bicyclic) bond motifs is 1. The monoisotopic (exact) mass is 525 g/mol. The van der Waals surface area contributed by atoms with E-state index in [1.807, 2.05) is 13.3 Å². The number of nitrogens with zero attached hydrogens (tertiary/aromatic N) is 3. The molecule has 3 rings (SSSR count). The number of alkyl halides is 3. The SMILES string of the molecule is C[CH-]CC[C-]=NN=[C-]C1=CC=CC(NC(=O)c2cc3c(cc2OC)CCN(C(=O)OCC(F)(F)F)C3)N1.[Li+]. The molecule has 38 heavy (non-hydrogen) atoms. The van der Waals surface area contributed by atoms with Crippen molar-refractivity contribution in [1.29, 1.82) is 0 Å². The molecule has 0 saturated carbocycles. The molecule has 9 nitrogen and oxygen atoms in total. The van der Waals surface area contributed by atoms with Gasteiger partial charge in [0.2, 0.25) is 0 Å². The van der Waals surface area contributed by atoms with Gasteiger partial charge in [-0.1, -0.05) is 6.08 Å². The molecule has 13 heteroatoms. The summed E-state index contributed by atoms with van der Waals surface area (Å²) in [4.78, 5) is 26.3. The molecule has 1 atom stereocenters. The number of carbonyl (C=O) groups is 2. The van der Waals surface area contributed by atoms with Crippen LogP contribution in [-0.4, -0.2) is 61.9 Å². The van der Waals surface area contributed by atoms with Gasteiger partial charge in [0, 0.05) is 13.1 Å². The smallest absolute Gasteiger partial charge is 0.496 e. The fourth-order valence-corrected chi connectivity index (χ4v) is 3.60. The van der Waals surface area contributed by atoms with Gasteiger partial charge in [0.15, 0.2) is 6.61 Å². The first-order valence-electron chi connectivity index (χ1n) is 11.5. The first kappa shape index (κ1) is 31.0. The van der Waals surface area contributed by atoms with E-state index >= 15 is 0 Å². The normalized spacial score (nSPS) is 16.9. The van der Waals surface area contributed by atoms with Gasteiger partial charge in [-0.05, 0) is 29.7 Å². The number of dihydropyridines is 1. The van der Waals surface area contributed by atoms with Gasteiger partial charge in [0.25, 0.3) is 5.91 Å². The number of methoxy groups -OCH3 is 1. The quantitative estimate of drug-likeness (QED) is 0.162. The Labute approximate surface area is 231 Å². The Morgan fingerprint density at radius 2 is 2.08 bits per heavy atom. The van der Waals surface area contributed by atoms with Crippen LogP contribution in [0.15, 0.2) is 46.3 Å². The van der Waals surface area contributed by atoms with E-state index in [0.717, 1.165) is 12.0 Å². The van der Waals surface area contributed by atoms with Crippen LogP contribution in [0.2, 0.25) is 0 Å².